The van der Waals surface area contributed by atoms with E-state index in [2.05, 4.69) is 17.1 Å². The van der Waals surface area contributed by atoms with Gasteiger partial charge in [-0.3, -0.25) is 4.90 Å². The number of ether oxygens (including phenoxy) is 4. The molecule has 1 saturated heterocycles. The van der Waals surface area contributed by atoms with E-state index in [9.17, 15) is 4.79 Å². The lowest BCUT2D eigenvalue weighted by Crippen LogP contribution is -2.50. The van der Waals surface area contributed by atoms with E-state index in [4.69, 9.17) is 18.9 Å². The summed E-state index contributed by atoms with van der Waals surface area (Å²) in [5.74, 6) is 0.925. The fourth-order valence-electron chi connectivity index (χ4n) is 2.93. The van der Waals surface area contributed by atoms with Gasteiger partial charge in [0, 0.05) is 32.2 Å². The largest absolute Gasteiger partial charge is 0.493 e. The van der Waals surface area contributed by atoms with Crippen LogP contribution in [0.2, 0.25) is 0 Å². The number of piperazine rings is 1. The fourth-order valence-corrected chi connectivity index (χ4v) is 2.93. The molecule has 0 bridgehead atoms. The summed E-state index contributed by atoms with van der Waals surface area (Å²) in [5, 5.41) is 3.36. The number of rotatable bonds is 8. The predicted octanol–water partition coefficient (Wildman–Crippen LogP) is 1.55. The van der Waals surface area contributed by atoms with Crippen LogP contribution in [0.3, 0.4) is 0 Å². The van der Waals surface area contributed by atoms with E-state index < -0.39 is 5.97 Å². The highest BCUT2D eigenvalue weighted by Gasteiger charge is 2.19. The van der Waals surface area contributed by atoms with Crippen molar-refractivity contribution in [2.24, 2.45) is 0 Å². The third kappa shape index (κ3) is 4.99. The smallest absolute Gasteiger partial charge is 0.338 e. The Bertz CT molecular complexity index is 554. The Morgan fingerprint density at radius 3 is 2.44 bits per heavy atom. The Balaban J connectivity index is 1.90. The third-order valence-corrected chi connectivity index (χ3v) is 4.36. The van der Waals surface area contributed by atoms with Gasteiger partial charge in [-0.25, -0.2) is 4.79 Å². The molecule has 0 saturated carbocycles. The van der Waals surface area contributed by atoms with Gasteiger partial charge in [0.1, 0.15) is 0 Å². The molecule has 7 heteroatoms. The fraction of sp³-hybridized carbons (Fsp3) is 0.611. The summed E-state index contributed by atoms with van der Waals surface area (Å²) in [4.78, 5) is 14.7. The molecule has 140 valence electrons. The summed E-state index contributed by atoms with van der Waals surface area (Å²) < 4.78 is 21.2. The summed E-state index contributed by atoms with van der Waals surface area (Å²) in [7, 11) is 4.55. The van der Waals surface area contributed by atoms with Gasteiger partial charge in [0.05, 0.1) is 33.5 Å². The topological polar surface area (TPSA) is 69.3 Å². The number of esters is 1. The van der Waals surface area contributed by atoms with Crippen molar-refractivity contribution in [3.63, 3.8) is 0 Å². The summed E-state index contributed by atoms with van der Waals surface area (Å²) >= 11 is 0. The molecule has 0 aliphatic carbocycles. The number of carbonyl (C=O) groups excluding carboxylic acids is 1. The van der Waals surface area contributed by atoms with Crippen molar-refractivity contribution >= 4 is 5.97 Å². The monoisotopic (exact) mass is 352 g/mol. The molecular weight excluding hydrogens is 324 g/mol. The van der Waals surface area contributed by atoms with Crippen molar-refractivity contribution in [1.82, 2.24) is 10.2 Å². The highest BCUT2D eigenvalue weighted by Crippen LogP contribution is 2.38. The minimum atomic E-state index is -0.396. The number of benzene rings is 1. The van der Waals surface area contributed by atoms with E-state index >= 15 is 0 Å². The first-order valence-corrected chi connectivity index (χ1v) is 8.52. The van der Waals surface area contributed by atoms with E-state index in [1.165, 1.54) is 21.3 Å². The number of hydrogen-bond acceptors (Lipinski definition) is 7. The van der Waals surface area contributed by atoms with Crippen LogP contribution in [-0.4, -0.2) is 71.0 Å². The van der Waals surface area contributed by atoms with Crippen LogP contribution in [0.25, 0.3) is 0 Å². The third-order valence-electron chi connectivity index (χ3n) is 4.36. The van der Waals surface area contributed by atoms with Crippen LogP contribution in [0, 0.1) is 0 Å². The van der Waals surface area contributed by atoms with Gasteiger partial charge in [0.2, 0.25) is 5.75 Å². The molecule has 0 radical (unpaired) electrons. The molecule has 1 aromatic carbocycles. The number of methoxy groups -OCH3 is 3. The molecule has 1 unspecified atom stereocenters. The van der Waals surface area contributed by atoms with Gasteiger partial charge >= 0.3 is 5.97 Å². The van der Waals surface area contributed by atoms with Gasteiger partial charge in [-0.05, 0) is 25.5 Å². The second-order valence-corrected chi connectivity index (χ2v) is 5.99. The zero-order valence-electron chi connectivity index (χ0n) is 15.5. The number of carbonyl (C=O) groups is 1. The van der Waals surface area contributed by atoms with Gasteiger partial charge < -0.3 is 24.3 Å². The molecule has 0 spiro atoms. The first-order valence-electron chi connectivity index (χ1n) is 8.52. The van der Waals surface area contributed by atoms with Crippen molar-refractivity contribution in [3.8, 4) is 17.2 Å². The SMILES string of the molecule is COc1cc(C(=O)OCCCN2CCNCC2C)cc(OC)c1OC. The Hall–Kier alpha value is -1.99. The van der Waals surface area contributed by atoms with Crippen molar-refractivity contribution in [3.05, 3.63) is 17.7 Å². The molecule has 1 atom stereocenters. The average Bonchev–Trinajstić information content (AvgIpc) is 2.64. The molecule has 0 amide bonds. The summed E-state index contributed by atoms with van der Waals surface area (Å²) in [6.07, 6.45) is 0.806. The van der Waals surface area contributed by atoms with Crippen LogP contribution >= 0.6 is 0 Å². The highest BCUT2D eigenvalue weighted by atomic mass is 16.5. The molecule has 1 aliphatic rings. The maximum Gasteiger partial charge on any atom is 0.338 e. The molecular formula is C18H28N2O5. The summed E-state index contributed by atoms with van der Waals surface area (Å²) in [6, 6.07) is 3.71. The Labute approximate surface area is 149 Å². The summed E-state index contributed by atoms with van der Waals surface area (Å²) in [6.45, 7) is 6.55. The van der Waals surface area contributed by atoms with E-state index in [1.807, 2.05) is 0 Å². The van der Waals surface area contributed by atoms with Crippen molar-refractivity contribution in [1.29, 1.82) is 0 Å². The average molecular weight is 352 g/mol. The normalized spacial score (nSPS) is 17.8. The van der Waals surface area contributed by atoms with Crippen LogP contribution in [0.1, 0.15) is 23.7 Å². The van der Waals surface area contributed by atoms with Crippen molar-refractivity contribution < 1.29 is 23.7 Å². The second kappa shape index (κ2) is 9.48. The van der Waals surface area contributed by atoms with Gasteiger partial charge in [-0.15, -0.1) is 0 Å². The number of hydrogen-bond donors (Lipinski definition) is 1. The molecule has 0 aromatic heterocycles. The van der Waals surface area contributed by atoms with E-state index in [-0.39, 0.29) is 0 Å². The van der Waals surface area contributed by atoms with Gasteiger partial charge in [0.25, 0.3) is 0 Å². The molecule has 25 heavy (non-hydrogen) atoms. The lowest BCUT2D eigenvalue weighted by molar-refractivity contribution is 0.0477. The predicted molar refractivity (Wildman–Crippen MR) is 94.9 cm³/mol. The van der Waals surface area contributed by atoms with Crippen LogP contribution in [0.15, 0.2) is 12.1 Å². The molecule has 1 fully saturated rings. The standard InChI is InChI=1S/C18H28N2O5/c1-13-12-19-6-8-20(13)7-5-9-25-18(21)14-10-15(22-2)17(24-4)16(11-14)23-3/h10-11,13,19H,5-9,12H2,1-4H3. The van der Waals surface area contributed by atoms with E-state index in [1.54, 1.807) is 12.1 Å². The Kier molecular flexibility index (Phi) is 7.33. The lowest BCUT2D eigenvalue weighted by Gasteiger charge is -2.33. The second-order valence-electron chi connectivity index (χ2n) is 5.99. The summed E-state index contributed by atoms with van der Waals surface area (Å²) in [5.41, 5.74) is 0.380. The van der Waals surface area contributed by atoms with Crippen LogP contribution < -0.4 is 19.5 Å². The molecule has 1 N–H and O–H groups in total. The van der Waals surface area contributed by atoms with Gasteiger partial charge in [-0.2, -0.15) is 0 Å². The number of nitrogens with one attached hydrogen (secondary N) is 1. The maximum atomic E-state index is 12.3. The van der Waals surface area contributed by atoms with Crippen molar-refractivity contribution in [2.45, 2.75) is 19.4 Å². The number of nitrogens with zero attached hydrogens (tertiary/aromatic N) is 1. The minimum Gasteiger partial charge on any atom is -0.493 e. The van der Waals surface area contributed by atoms with Crippen LogP contribution in [0.4, 0.5) is 0 Å². The van der Waals surface area contributed by atoms with Gasteiger partial charge in [0.15, 0.2) is 11.5 Å². The Morgan fingerprint density at radius 1 is 1.20 bits per heavy atom. The maximum absolute atomic E-state index is 12.3. The highest BCUT2D eigenvalue weighted by molar-refractivity contribution is 5.91. The van der Waals surface area contributed by atoms with Gasteiger partial charge in [-0.1, -0.05) is 0 Å². The molecule has 1 aliphatic heterocycles. The van der Waals surface area contributed by atoms with Crippen LogP contribution in [-0.2, 0) is 4.74 Å². The zero-order chi connectivity index (χ0) is 18.2. The van der Waals surface area contributed by atoms with E-state index in [0.29, 0.717) is 35.5 Å². The first kappa shape index (κ1) is 19.3. The zero-order valence-corrected chi connectivity index (χ0v) is 15.5. The molecule has 1 aromatic rings. The first-order chi connectivity index (χ1) is 12.1. The minimum absolute atomic E-state index is 0.380. The molecule has 7 nitrogen and oxygen atoms in total. The molecule has 1 heterocycles. The van der Waals surface area contributed by atoms with E-state index in [0.717, 1.165) is 32.6 Å². The molecule has 2 rings (SSSR count). The Morgan fingerprint density at radius 2 is 1.88 bits per heavy atom. The quantitative estimate of drug-likeness (QED) is 0.562. The lowest BCUT2D eigenvalue weighted by atomic mass is 10.2. The van der Waals surface area contributed by atoms with Crippen LogP contribution in [0.5, 0.6) is 17.2 Å². The van der Waals surface area contributed by atoms with Crippen molar-refractivity contribution in [2.75, 3.05) is 54.1 Å².